The van der Waals surface area contributed by atoms with Crippen LogP contribution in [-0.4, -0.2) is 25.7 Å². The first-order valence-electron chi connectivity index (χ1n) is 11.0. The monoisotopic (exact) mass is 462 g/mol. The Bertz CT molecular complexity index is 1210. The van der Waals surface area contributed by atoms with Crippen molar-refractivity contribution in [1.82, 2.24) is 0 Å². The van der Waals surface area contributed by atoms with E-state index in [1.807, 2.05) is 12.1 Å². The first-order chi connectivity index (χ1) is 16.5. The van der Waals surface area contributed by atoms with Crippen LogP contribution in [0.5, 0.6) is 17.2 Å². The summed E-state index contributed by atoms with van der Waals surface area (Å²) in [5.74, 6) is 0.577. The minimum absolute atomic E-state index is 0.0921. The molecule has 2 heterocycles. The molecule has 0 bridgehead atoms. The number of benzene rings is 3. The third-order valence-corrected chi connectivity index (χ3v) is 6.14. The number of nitrogens with zero attached hydrogens (tertiary/aromatic N) is 1. The maximum Gasteiger partial charge on any atom is 0.231 e. The molecule has 8 heteroatoms. The van der Waals surface area contributed by atoms with E-state index in [1.165, 1.54) is 24.3 Å². The number of hydrogen-bond donors (Lipinski definition) is 1. The number of anilines is 2. The fraction of sp³-hybridized carbons (Fsp3) is 0.231. The first kappa shape index (κ1) is 21.8. The lowest BCUT2D eigenvalue weighted by Crippen LogP contribution is -2.47. The molecule has 7 nitrogen and oxygen atoms in total. The summed E-state index contributed by atoms with van der Waals surface area (Å²) in [6.07, 6.45) is 0.589. The van der Waals surface area contributed by atoms with E-state index in [-0.39, 0.29) is 30.8 Å². The summed E-state index contributed by atoms with van der Waals surface area (Å²) in [4.78, 5) is 28.3. The predicted molar refractivity (Wildman–Crippen MR) is 124 cm³/mol. The normalized spacial score (nSPS) is 19.1. The van der Waals surface area contributed by atoms with Crippen molar-refractivity contribution in [2.75, 3.05) is 24.1 Å². The molecule has 2 aliphatic heterocycles. The Morgan fingerprint density at radius 3 is 2.50 bits per heavy atom. The van der Waals surface area contributed by atoms with Crippen molar-refractivity contribution in [1.29, 1.82) is 0 Å². The second-order valence-corrected chi connectivity index (χ2v) is 8.16. The largest absolute Gasteiger partial charge is 0.497 e. The van der Waals surface area contributed by atoms with Gasteiger partial charge in [-0.05, 0) is 60.5 Å². The van der Waals surface area contributed by atoms with Crippen LogP contribution < -0.4 is 24.4 Å². The molecule has 1 fully saturated rings. The van der Waals surface area contributed by atoms with E-state index in [2.05, 4.69) is 5.32 Å². The molecular weight excluding hydrogens is 439 g/mol. The number of rotatable bonds is 5. The maximum atomic E-state index is 13.4. The van der Waals surface area contributed by atoms with Crippen molar-refractivity contribution < 1.29 is 28.2 Å². The molecule has 1 saturated heterocycles. The average molecular weight is 462 g/mol. The van der Waals surface area contributed by atoms with Gasteiger partial charge in [0.1, 0.15) is 11.6 Å². The van der Waals surface area contributed by atoms with Crippen molar-refractivity contribution in [3.63, 3.8) is 0 Å². The standard InChI is InChI=1S/C26H23FN2O5/c1-32-20-9-2-16(3-10-20)25-21(26(31)28-18-6-4-17(27)5-7-18)11-13-24(30)29(25)19-8-12-22-23(14-19)34-15-33-22/h2-10,12,14,21,25H,11,13,15H2,1H3,(H,28,31)/t21-,25-/m1/s1. The molecule has 2 aliphatic rings. The molecule has 34 heavy (non-hydrogen) atoms. The summed E-state index contributed by atoms with van der Waals surface area (Å²) >= 11 is 0. The van der Waals surface area contributed by atoms with Crippen molar-refractivity contribution in [3.05, 3.63) is 78.1 Å². The summed E-state index contributed by atoms with van der Waals surface area (Å²) in [6, 6.07) is 17.7. The van der Waals surface area contributed by atoms with Gasteiger partial charge in [0.15, 0.2) is 11.5 Å². The van der Waals surface area contributed by atoms with Crippen LogP contribution in [0.2, 0.25) is 0 Å². The number of nitrogens with one attached hydrogen (secondary N) is 1. The fourth-order valence-electron chi connectivity index (χ4n) is 4.46. The number of piperidine rings is 1. The van der Waals surface area contributed by atoms with Crippen LogP contribution in [0.1, 0.15) is 24.4 Å². The number of methoxy groups -OCH3 is 1. The lowest BCUT2D eigenvalue weighted by molar-refractivity contribution is -0.125. The van der Waals surface area contributed by atoms with Crippen molar-refractivity contribution in [2.24, 2.45) is 5.92 Å². The van der Waals surface area contributed by atoms with Gasteiger partial charge in [-0.15, -0.1) is 0 Å². The van der Waals surface area contributed by atoms with Crippen molar-refractivity contribution in [3.8, 4) is 17.2 Å². The topological polar surface area (TPSA) is 77.1 Å². The lowest BCUT2D eigenvalue weighted by atomic mass is 9.83. The van der Waals surface area contributed by atoms with Crippen LogP contribution in [0, 0.1) is 11.7 Å². The number of hydrogen-bond acceptors (Lipinski definition) is 5. The highest BCUT2D eigenvalue weighted by atomic mass is 19.1. The van der Waals surface area contributed by atoms with Crippen molar-refractivity contribution >= 4 is 23.2 Å². The first-order valence-corrected chi connectivity index (χ1v) is 11.0. The second-order valence-electron chi connectivity index (χ2n) is 8.16. The molecule has 3 aromatic carbocycles. The Hall–Kier alpha value is -4.07. The second kappa shape index (κ2) is 9.05. The van der Waals surface area contributed by atoms with Gasteiger partial charge in [0, 0.05) is 23.9 Å². The van der Waals surface area contributed by atoms with Gasteiger partial charge in [-0.1, -0.05) is 12.1 Å². The Kier molecular flexibility index (Phi) is 5.79. The van der Waals surface area contributed by atoms with Crippen molar-refractivity contribution in [2.45, 2.75) is 18.9 Å². The van der Waals surface area contributed by atoms with Crippen LogP contribution in [-0.2, 0) is 9.59 Å². The summed E-state index contributed by atoms with van der Waals surface area (Å²) in [5.41, 5.74) is 1.91. The molecule has 0 saturated carbocycles. The SMILES string of the molecule is COc1ccc([C@@H]2[C@H](C(=O)Nc3ccc(F)cc3)CCC(=O)N2c2ccc3c(c2)OCO3)cc1. The van der Waals surface area contributed by atoms with Gasteiger partial charge in [-0.2, -0.15) is 0 Å². The zero-order chi connectivity index (χ0) is 23.7. The molecule has 5 rings (SSSR count). The van der Waals surface area contributed by atoms with E-state index in [4.69, 9.17) is 14.2 Å². The average Bonchev–Trinajstić information content (AvgIpc) is 3.33. The van der Waals surface area contributed by atoms with E-state index in [0.717, 1.165) is 5.56 Å². The predicted octanol–water partition coefficient (Wildman–Crippen LogP) is 4.69. The quantitative estimate of drug-likeness (QED) is 0.596. The van der Waals surface area contributed by atoms with Gasteiger partial charge in [0.05, 0.1) is 19.1 Å². The zero-order valence-electron chi connectivity index (χ0n) is 18.5. The Morgan fingerprint density at radius 2 is 1.76 bits per heavy atom. The maximum absolute atomic E-state index is 13.4. The number of carbonyl (C=O) groups excluding carboxylic acids is 2. The van der Waals surface area contributed by atoms with Crippen LogP contribution in [0.3, 0.4) is 0 Å². The third kappa shape index (κ3) is 4.14. The Morgan fingerprint density at radius 1 is 1.03 bits per heavy atom. The van der Waals surface area contributed by atoms with Gasteiger partial charge in [-0.25, -0.2) is 4.39 Å². The fourth-order valence-corrected chi connectivity index (χ4v) is 4.46. The molecule has 0 aromatic heterocycles. The number of amides is 2. The number of halogens is 1. The van der Waals surface area contributed by atoms with Crippen LogP contribution in [0.15, 0.2) is 66.7 Å². The number of carbonyl (C=O) groups is 2. The summed E-state index contributed by atoms with van der Waals surface area (Å²) in [6.45, 7) is 0.122. The number of fused-ring (bicyclic) bond motifs is 1. The van der Waals surface area contributed by atoms with Crippen LogP contribution in [0.25, 0.3) is 0 Å². The molecule has 0 aliphatic carbocycles. The summed E-state index contributed by atoms with van der Waals surface area (Å²) < 4.78 is 29.5. The van der Waals surface area contributed by atoms with E-state index in [1.54, 1.807) is 42.3 Å². The van der Waals surface area contributed by atoms with Gasteiger partial charge >= 0.3 is 0 Å². The lowest BCUT2D eigenvalue weighted by Gasteiger charge is -2.41. The summed E-state index contributed by atoms with van der Waals surface area (Å²) in [7, 11) is 1.58. The minimum Gasteiger partial charge on any atom is -0.497 e. The van der Waals surface area contributed by atoms with E-state index < -0.39 is 12.0 Å². The van der Waals surface area contributed by atoms with Gasteiger partial charge in [0.2, 0.25) is 18.6 Å². The molecule has 174 valence electrons. The van der Waals surface area contributed by atoms with Crippen LogP contribution >= 0.6 is 0 Å². The molecule has 0 spiro atoms. The highest BCUT2D eigenvalue weighted by molar-refractivity contribution is 6.00. The molecule has 2 atom stereocenters. The minimum atomic E-state index is -0.562. The highest BCUT2D eigenvalue weighted by Gasteiger charge is 2.42. The van der Waals surface area contributed by atoms with Gasteiger partial charge in [0.25, 0.3) is 0 Å². The third-order valence-electron chi connectivity index (χ3n) is 6.14. The highest BCUT2D eigenvalue weighted by Crippen LogP contribution is 2.44. The molecule has 2 amide bonds. The molecule has 1 N–H and O–H groups in total. The van der Waals surface area contributed by atoms with Crippen LogP contribution in [0.4, 0.5) is 15.8 Å². The molecule has 3 aromatic rings. The van der Waals surface area contributed by atoms with E-state index in [9.17, 15) is 14.0 Å². The Balaban J connectivity index is 1.53. The smallest absolute Gasteiger partial charge is 0.231 e. The van der Waals surface area contributed by atoms with E-state index >= 15 is 0 Å². The number of ether oxygens (including phenoxy) is 3. The zero-order valence-corrected chi connectivity index (χ0v) is 18.5. The van der Waals surface area contributed by atoms with Gasteiger partial charge in [-0.3, -0.25) is 9.59 Å². The Labute approximate surface area is 196 Å². The molecular formula is C26H23FN2O5. The molecule has 0 radical (unpaired) electrons. The molecule has 0 unspecified atom stereocenters. The summed E-state index contributed by atoms with van der Waals surface area (Å²) in [5, 5.41) is 2.88. The van der Waals surface area contributed by atoms with Gasteiger partial charge < -0.3 is 24.4 Å². The van der Waals surface area contributed by atoms with E-state index in [0.29, 0.717) is 35.0 Å².